The molecule has 4 saturated carbocycles. The standard InChI is InChI=1S/C58H88O11S.Na/c1-31(36-15-17-38-34-14-19-45-51(5,6)58(62)46(60)29-57(45,30-66-58)41(34)22-24-53(36,38)9)13-20-47-56(12)27-33(52(7,8)69-56)25-43(67-47)32(2)37-16-18-39-35-26-44(68-70(63,64)65)48-50(3,4)49(61)42(59)28-55(48,11)40(35)21-23-54(37,39)10;/h19,31-33,36-39,42-44,46-48,59-60,62H,13-18,20-30H2,1-12H3,(H,63,64,65);/q;+1/p-1/t31-,32+,33-,36-,37-,38+,39+,42+,43-,44+,46+,47+,48?,53-,54-,55-,56-,57+,58-;/m1./s1. The molecule has 11 nitrogen and oxygen atoms in total. The van der Waals surface area contributed by atoms with Gasteiger partial charge in [-0.3, -0.25) is 8.98 Å². The van der Waals surface area contributed by atoms with E-state index in [1.807, 2.05) is 0 Å². The summed E-state index contributed by atoms with van der Waals surface area (Å²) in [6.07, 6.45) is 13.8. The Morgan fingerprint density at radius 2 is 1.49 bits per heavy atom. The minimum absolute atomic E-state index is 0. The Balaban J connectivity index is 0.00000582. The van der Waals surface area contributed by atoms with E-state index >= 15 is 0 Å². The number of ether oxygens (including phenoxy) is 3. The number of carbonyl (C=O) groups excluding carboxylic acids is 1. The van der Waals surface area contributed by atoms with E-state index in [4.69, 9.17) is 18.4 Å². The van der Waals surface area contributed by atoms with E-state index in [1.54, 1.807) is 19.4 Å². The van der Waals surface area contributed by atoms with E-state index in [9.17, 15) is 33.1 Å². The summed E-state index contributed by atoms with van der Waals surface area (Å²) in [5.41, 5.74) is 3.61. The predicted molar refractivity (Wildman–Crippen MR) is 264 cm³/mol. The van der Waals surface area contributed by atoms with Crippen LogP contribution in [0.15, 0.2) is 33.9 Å². The number of carbonyl (C=O) groups is 1. The van der Waals surface area contributed by atoms with Crippen LogP contribution in [0, 0.1) is 79.8 Å². The number of aliphatic hydroxyl groups is 3. The maximum absolute atomic E-state index is 13.5. The van der Waals surface area contributed by atoms with Crippen molar-refractivity contribution in [2.45, 2.75) is 233 Å². The molecule has 4 heterocycles. The molecule has 392 valence electrons. The van der Waals surface area contributed by atoms with Crippen molar-refractivity contribution in [1.82, 2.24) is 0 Å². The van der Waals surface area contributed by atoms with Crippen molar-refractivity contribution in [2.24, 2.45) is 79.8 Å². The van der Waals surface area contributed by atoms with Crippen LogP contribution in [0.4, 0.5) is 0 Å². The van der Waals surface area contributed by atoms with E-state index < -0.39 is 56.7 Å². The largest absolute Gasteiger partial charge is 1.00 e. The molecular weight excluding hydrogens is 928 g/mol. The summed E-state index contributed by atoms with van der Waals surface area (Å²) >= 11 is 0. The number of Topliss-reactive ketones (excluding diaryl/α,β-unsaturated/α-hetero) is 1. The Morgan fingerprint density at radius 1 is 0.859 bits per heavy atom. The Kier molecular flexibility index (Phi) is 12.9. The number of hydrogen-bond donors (Lipinski definition) is 3. The van der Waals surface area contributed by atoms with Crippen LogP contribution in [-0.4, -0.2) is 88.2 Å². The van der Waals surface area contributed by atoms with Crippen LogP contribution in [0.3, 0.4) is 0 Å². The summed E-state index contributed by atoms with van der Waals surface area (Å²) in [5.74, 6) is 0.414. The van der Waals surface area contributed by atoms with Gasteiger partial charge in [-0.15, -0.1) is 0 Å². The second-order valence-corrected chi connectivity index (χ2v) is 29.4. The molecule has 8 aliphatic carbocycles. The van der Waals surface area contributed by atoms with Crippen LogP contribution in [0.2, 0.25) is 0 Å². The molecule has 0 aromatic carbocycles. The number of rotatable bonds is 8. The van der Waals surface area contributed by atoms with Crippen molar-refractivity contribution < 1.29 is 81.0 Å². The molecule has 1 spiro atoms. The van der Waals surface area contributed by atoms with Gasteiger partial charge in [-0.1, -0.05) is 96.3 Å². The molecule has 4 aliphatic heterocycles. The molecule has 0 aromatic rings. The van der Waals surface area contributed by atoms with Gasteiger partial charge in [-0.25, -0.2) is 8.42 Å². The summed E-state index contributed by atoms with van der Waals surface area (Å²) in [7, 11) is -5.06. The number of ketones is 1. The molecule has 71 heavy (non-hydrogen) atoms. The first-order valence-electron chi connectivity index (χ1n) is 27.8. The van der Waals surface area contributed by atoms with Gasteiger partial charge >= 0.3 is 29.6 Å². The summed E-state index contributed by atoms with van der Waals surface area (Å²) in [5, 5.41) is 34.1. The third-order valence-corrected chi connectivity index (χ3v) is 24.7. The summed E-state index contributed by atoms with van der Waals surface area (Å²) < 4.78 is 63.5. The van der Waals surface area contributed by atoms with Gasteiger partial charge in [0.2, 0.25) is 16.2 Å². The summed E-state index contributed by atoms with van der Waals surface area (Å²) in [6, 6.07) is 0. The van der Waals surface area contributed by atoms with Gasteiger partial charge < -0.3 is 34.1 Å². The zero-order valence-electron chi connectivity index (χ0n) is 45.6. The molecule has 0 aromatic heterocycles. The SMILES string of the molecule is C[C@@H]([C@H]1CC[C@H]2C3=C(CC[C@]12C)[C@@]1(C)C[C@H](O)C(=O)C(C)(C)C1[C@@H](OS(=O)(=O)[O-])C3)[C@H]1C[C@@H]2C[C@@](C)(OC2(C)C)[C@H](CC[C@@H](C)[C@H]2CC[C@H]3C4=C(CC[C@]23C)[C@@]23CO[C@](O)([C@@H](O)C2)C(C)(C)C3=CC4)O1.[Na+]. The van der Waals surface area contributed by atoms with Crippen LogP contribution in [0.5, 0.6) is 0 Å². The maximum Gasteiger partial charge on any atom is 1.00 e. The first-order valence-corrected chi connectivity index (χ1v) is 29.1. The number of fused-ring (bicyclic) bond motifs is 10. The second kappa shape index (κ2) is 17.0. The molecule has 3 N–H and O–H groups in total. The van der Waals surface area contributed by atoms with Gasteiger partial charge in [0.25, 0.3) is 0 Å². The predicted octanol–water partition coefficient (Wildman–Crippen LogP) is 7.08. The average Bonchev–Trinajstić information content (AvgIpc) is 3.83. The van der Waals surface area contributed by atoms with Crippen molar-refractivity contribution in [1.29, 1.82) is 0 Å². The topological polar surface area (TPSA) is 172 Å². The van der Waals surface area contributed by atoms with Gasteiger partial charge in [0.15, 0.2) is 5.78 Å². The fourth-order valence-corrected chi connectivity index (χ4v) is 21.5. The number of allylic oxidation sites excluding steroid dienone is 3. The zero-order valence-corrected chi connectivity index (χ0v) is 48.4. The van der Waals surface area contributed by atoms with E-state index in [2.05, 4.69) is 75.3 Å². The third kappa shape index (κ3) is 7.50. The Hall–Kier alpha value is -0.480. The number of aliphatic hydroxyl groups excluding tert-OH is 2. The summed E-state index contributed by atoms with van der Waals surface area (Å²) in [6.45, 7) is 27.1. The minimum Gasteiger partial charge on any atom is -0.726 e. The molecule has 12 aliphatic rings. The molecule has 12 rings (SSSR count). The molecule has 0 radical (unpaired) electrons. The van der Waals surface area contributed by atoms with Crippen molar-refractivity contribution in [3.05, 3.63) is 33.9 Å². The second-order valence-electron chi connectivity index (χ2n) is 28.4. The third-order valence-electron chi connectivity index (χ3n) is 24.2. The van der Waals surface area contributed by atoms with E-state index in [0.717, 1.165) is 70.6 Å². The molecule has 0 amide bonds. The van der Waals surface area contributed by atoms with Crippen molar-refractivity contribution in [3.63, 3.8) is 0 Å². The molecule has 19 atom stereocenters. The van der Waals surface area contributed by atoms with E-state index in [1.165, 1.54) is 35.1 Å². The maximum atomic E-state index is 13.5. The van der Waals surface area contributed by atoms with Gasteiger partial charge in [0, 0.05) is 22.2 Å². The van der Waals surface area contributed by atoms with Crippen LogP contribution in [0.1, 0.15) is 186 Å². The molecule has 4 saturated heterocycles. The Bertz CT molecular complexity index is 2430. The molecule has 13 heteroatoms. The van der Waals surface area contributed by atoms with Crippen molar-refractivity contribution >= 4 is 16.2 Å². The van der Waals surface area contributed by atoms with Crippen LogP contribution >= 0.6 is 0 Å². The molecule has 1 unspecified atom stereocenters. The molecule has 4 bridgehead atoms. The fraction of sp³-hybridized carbons (Fsp3) is 0.879. The average molecular weight is 1020 g/mol. The van der Waals surface area contributed by atoms with Crippen molar-refractivity contribution in [3.8, 4) is 0 Å². The molecular formula is C58H87NaO11S. The Morgan fingerprint density at radius 3 is 2.15 bits per heavy atom. The Labute approximate surface area is 448 Å². The minimum atomic E-state index is -5.06. The summed E-state index contributed by atoms with van der Waals surface area (Å²) in [4.78, 5) is 13.5. The van der Waals surface area contributed by atoms with Crippen LogP contribution in [-0.2, 0) is 33.6 Å². The first kappa shape index (κ1) is 53.9. The first-order chi connectivity index (χ1) is 32.4. The van der Waals surface area contributed by atoms with Gasteiger partial charge in [-0.05, 0) is 181 Å². The van der Waals surface area contributed by atoms with E-state index in [-0.39, 0.29) is 93.3 Å². The van der Waals surface area contributed by atoms with E-state index in [0.29, 0.717) is 49.0 Å². The van der Waals surface area contributed by atoms with Gasteiger partial charge in [0.1, 0.15) is 12.2 Å². The van der Waals surface area contributed by atoms with Gasteiger partial charge in [-0.2, -0.15) is 0 Å². The van der Waals surface area contributed by atoms with Gasteiger partial charge in [0.05, 0.1) is 36.1 Å². The normalized spacial score (nSPS) is 49.8. The smallest absolute Gasteiger partial charge is 0.726 e. The fourth-order valence-electron chi connectivity index (χ4n) is 21.0. The van der Waals surface area contributed by atoms with Crippen LogP contribution < -0.4 is 29.6 Å². The quantitative estimate of drug-likeness (QED) is 0.0983. The van der Waals surface area contributed by atoms with Crippen molar-refractivity contribution in [2.75, 3.05) is 6.61 Å². The van der Waals surface area contributed by atoms with Crippen LogP contribution in [0.25, 0.3) is 0 Å². The number of hydrogen-bond acceptors (Lipinski definition) is 11. The monoisotopic (exact) mass is 1010 g/mol. The molecule has 8 fully saturated rings. The zero-order chi connectivity index (χ0) is 50.5.